The summed E-state index contributed by atoms with van der Waals surface area (Å²) in [6, 6.07) is 8.95. The van der Waals surface area contributed by atoms with Gasteiger partial charge in [0.2, 0.25) is 11.8 Å². The zero-order chi connectivity index (χ0) is 17.7. The van der Waals surface area contributed by atoms with Crippen molar-refractivity contribution in [3.05, 3.63) is 35.4 Å². The first-order chi connectivity index (χ1) is 11.9. The summed E-state index contributed by atoms with van der Waals surface area (Å²) in [6.45, 7) is 2.21. The quantitative estimate of drug-likeness (QED) is 0.885. The van der Waals surface area contributed by atoms with E-state index in [9.17, 15) is 9.59 Å². The summed E-state index contributed by atoms with van der Waals surface area (Å²) >= 11 is 0. The molecule has 0 heterocycles. The number of nitrogens with one attached hydrogen (secondary N) is 2. The van der Waals surface area contributed by atoms with E-state index in [0.29, 0.717) is 11.8 Å². The van der Waals surface area contributed by atoms with Gasteiger partial charge in [0.15, 0.2) is 0 Å². The van der Waals surface area contributed by atoms with E-state index in [2.05, 4.69) is 41.8 Å². The van der Waals surface area contributed by atoms with E-state index in [1.165, 1.54) is 30.4 Å². The van der Waals surface area contributed by atoms with Crippen molar-refractivity contribution in [1.82, 2.24) is 10.6 Å². The number of benzene rings is 1. The fourth-order valence-electron chi connectivity index (χ4n) is 6.21. The molecule has 2 unspecified atom stereocenters. The second-order valence-electron chi connectivity index (χ2n) is 8.74. The molecule has 4 aliphatic carbocycles. The average Bonchev–Trinajstić information content (AvgIpc) is 2.58. The molecular formula is C21H28N2O2. The number of amides is 2. The summed E-state index contributed by atoms with van der Waals surface area (Å²) in [6.07, 6.45) is 6.65. The van der Waals surface area contributed by atoms with Crippen LogP contribution in [0.4, 0.5) is 0 Å². The van der Waals surface area contributed by atoms with E-state index in [1.54, 1.807) is 7.05 Å². The van der Waals surface area contributed by atoms with Crippen LogP contribution in [-0.4, -0.2) is 25.4 Å². The van der Waals surface area contributed by atoms with Crippen LogP contribution in [0.1, 0.15) is 49.7 Å². The van der Waals surface area contributed by atoms with Crippen molar-refractivity contribution in [3.63, 3.8) is 0 Å². The summed E-state index contributed by atoms with van der Waals surface area (Å²) in [5.41, 5.74) is 2.58. The molecule has 0 saturated heterocycles. The fourth-order valence-corrected chi connectivity index (χ4v) is 6.21. The molecular weight excluding hydrogens is 312 g/mol. The van der Waals surface area contributed by atoms with Gasteiger partial charge in [-0.05, 0) is 68.3 Å². The Kier molecular flexibility index (Phi) is 3.89. The molecule has 0 aromatic heterocycles. The van der Waals surface area contributed by atoms with E-state index in [4.69, 9.17) is 0 Å². The van der Waals surface area contributed by atoms with Gasteiger partial charge in [0, 0.05) is 7.05 Å². The molecule has 2 atom stereocenters. The van der Waals surface area contributed by atoms with Crippen molar-refractivity contribution in [2.24, 2.45) is 17.3 Å². The number of hydrogen-bond donors (Lipinski definition) is 2. The Labute approximate surface area is 149 Å². The Morgan fingerprint density at radius 2 is 1.72 bits per heavy atom. The van der Waals surface area contributed by atoms with Crippen LogP contribution < -0.4 is 10.6 Å². The van der Waals surface area contributed by atoms with Crippen molar-refractivity contribution in [3.8, 4) is 0 Å². The zero-order valence-electron chi connectivity index (χ0n) is 15.2. The Morgan fingerprint density at radius 1 is 1.08 bits per heavy atom. The van der Waals surface area contributed by atoms with Crippen LogP contribution in [0.15, 0.2) is 24.3 Å². The monoisotopic (exact) mass is 340 g/mol. The van der Waals surface area contributed by atoms with Gasteiger partial charge in [-0.1, -0.05) is 29.8 Å². The van der Waals surface area contributed by atoms with Gasteiger partial charge in [-0.2, -0.15) is 0 Å². The lowest BCUT2D eigenvalue weighted by Gasteiger charge is -2.61. The van der Waals surface area contributed by atoms with Gasteiger partial charge in [-0.15, -0.1) is 0 Å². The topological polar surface area (TPSA) is 58.2 Å². The van der Waals surface area contributed by atoms with Crippen LogP contribution in [-0.2, 0) is 15.0 Å². The molecule has 4 heteroatoms. The van der Waals surface area contributed by atoms with E-state index < -0.39 is 0 Å². The van der Waals surface area contributed by atoms with Crippen molar-refractivity contribution < 1.29 is 9.59 Å². The Bertz CT molecular complexity index is 680. The van der Waals surface area contributed by atoms with E-state index >= 15 is 0 Å². The first-order valence-electron chi connectivity index (χ1n) is 9.51. The van der Waals surface area contributed by atoms with Gasteiger partial charge < -0.3 is 10.6 Å². The summed E-state index contributed by atoms with van der Waals surface area (Å²) in [5.74, 6) is 1.26. The first-order valence-corrected chi connectivity index (χ1v) is 9.51. The highest BCUT2D eigenvalue weighted by atomic mass is 16.2. The van der Waals surface area contributed by atoms with E-state index in [0.717, 1.165) is 19.3 Å². The summed E-state index contributed by atoms with van der Waals surface area (Å²) in [4.78, 5) is 24.6. The zero-order valence-corrected chi connectivity index (χ0v) is 15.2. The highest BCUT2D eigenvalue weighted by molar-refractivity contribution is 5.88. The molecule has 2 amide bonds. The van der Waals surface area contributed by atoms with Gasteiger partial charge in [0.25, 0.3) is 0 Å². The SMILES string of the molecule is CNC(=O)CNC(=O)C12CC3CC(C1)CC(c1ccc(C)cc1)(C3)C2. The highest BCUT2D eigenvalue weighted by Crippen LogP contribution is 2.65. The lowest BCUT2D eigenvalue weighted by Crippen LogP contribution is -2.59. The van der Waals surface area contributed by atoms with Gasteiger partial charge in [-0.25, -0.2) is 0 Å². The minimum Gasteiger partial charge on any atom is -0.358 e. The van der Waals surface area contributed by atoms with Crippen molar-refractivity contribution >= 4 is 11.8 Å². The van der Waals surface area contributed by atoms with Crippen LogP contribution in [0.2, 0.25) is 0 Å². The van der Waals surface area contributed by atoms with Crippen molar-refractivity contribution in [2.75, 3.05) is 13.6 Å². The van der Waals surface area contributed by atoms with E-state index in [1.807, 2.05) is 0 Å². The molecule has 5 rings (SSSR count). The normalized spacial score (nSPS) is 35.4. The number of carbonyl (C=O) groups is 2. The fraction of sp³-hybridized carbons (Fsp3) is 0.619. The Balaban J connectivity index is 1.61. The molecule has 1 aromatic carbocycles. The van der Waals surface area contributed by atoms with Crippen LogP contribution in [0.25, 0.3) is 0 Å². The lowest BCUT2D eigenvalue weighted by atomic mass is 9.42. The lowest BCUT2D eigenvalue weighted by molar-refractivity contribution is -0.149. The number of hydrogen-bond acceptors (Lipinski definition) is 2. The maximum Gasteiger partial charge on any atom is 0.239 e. The molecule has 4 nitrogen and oxygen atoms in total. The van der Waals surface area contributed by atoms with Crippen LogP contribution >= 0.6 is 0 Å². The maximum atomic E-state index is 13.1. The Hall–Kier alpha value is -1.84. The third-order valence-electron chi connectivity index (χ3n) is 6.90. The summed E-state index contributed by atoms with van der Waals surface area (Å²) < 4.78 is 0. The maximum absolute atomic E-state index is 13.1. The second-order valence-corrected chi connectivity index (χ2v) is 8.74. The molecule has 1 aromatic rings. The van der Waals surface area contributed by atoms with Crippen molar-refractivity contribution in [1.29, 1.82) is 0 Å². The molecule has 4 fully saturated rings. The number of aryl methyl sites for hydroxylation is 1. The molecule has 0 aliphatic heterocycles. The molecule has 2 N–H and O–H groups in total. The van der Waals surface area contributed by atoms with Gasteiger partial charge >= 0.3 is 0 Å². The van der Waals surface area contributed by atoms with Gasteiger partial charge in [0.1, 0.15) is 0 Å². The van der Waals surface area contributed by atoms with Gasteiger partial charge in [-0.3, -0.25) is 9.59 Å². The molecule has 25 heavy (non-hydrogen) atoms. The third-order valence-corrected chi connectivity index (χ3v) is 6.90. The largest absolute Gasteiger partial charge is 0.358 e. The number of carbonyl (C=O) groups excluding carboxylic acids is 2. The highest BCUT2D eigenvalue weighted by Gasteiger charge is 2.60. The minimum absolute atomic E-state index is 0.0873. The molecule has 4 saturated carbocycles. The molecule has 0 radical (unpaired) electrons. The second kappa shape index (κ2) is 5.86. The third kappa shape index (κ3) is 2.76. The minimum atomic E-state index is -0.275. The number of likely N-dealkylation sites (N-methyl/N-ethyl adjacent to an activating group) is 1. The van der Waals surface area contributed by atoms with Crippen LogP contribution in [0, 0.1) is 24.2 Å². The standard InChI is InChI=1S/C21H28N2O2/c1-14-3-5-17(6-4-14)20-8-15-7-16(9-20)11-21(10-15,13-20)19(25)23-12-18(24)22-2/h3-6,15-16H,7-13H2,1-2H3,(H,22,24)(H,23,25). The van der Waals surface area contributed by atoms with Crippen LogP contribution in [0.5, 0.6) is 0 Å². The molecule has 134 valence electrons. The predicted octanol–water partition coefficient (Wildman–Crippen LogP) is 2.70. The molecule has 4 bridgehead atoms. The number of rotatable bonds is 4. The van der Waals surface area contributed by atoms with Crippen molar-refractivity contribution in [2.45, 2.75) is 50.9 Å². The Morgan fingerprint density at radius 3 is 2.32 bits per heavy atom. The van der Waals surface area contributed by atoms with Crippen LogP contribution in [0.3, 0.4) is 0 Å². The summed E-state index contributed by atoms with van der Waals surface area (Å²) in [5, 5.41) is 5.50. The molecule has 4 aliphatic rings. The molecule has 0 spiro atoms. The smallest absolute Gasteiger partial charge is 0.239 e. The predicted molar refractivity (Wildman–Crippen MR) is 97.0 cm³/mol. The summed E-state index contributed by atoms with van der Waals surface area (Å²) in [7, 11) is 1.60. The van der Waals surface area contributed by atoms with Gasteiger partial charge in [0.05, 0.1) is 12.0 Å². The first kappa shape index (κ1) is 16.6. The average molecular weight is 340 g/mol. The van der Waals surface area contributed by atoms with E-state index in [-0.39, 0.29) is 29.2 Å².